The van der Waals surface area contributed by atoms with Crippen molar-refractivity contribution >= 4 is 11.6 Å². The molecule has 0 heterocycles. The Morgan fingerprint density at radius 3 is 1.79 bits per heavy atom. The average Bonchev–Trinajstić information content (AvgIpc) is 2.76. The highest BCUT2D eigenvalue weighted by Gasteiger charge is 1.95. The maximum atomic E-state index is 7.32. The Bertz CT molecular complexity index is 682. The van der Waals surface area contributed by atoms with Crippen molar-refractivity contribution in [1.29, 1.82) is 10.5 Å². The summed E-state index contributed by atoms with van der Waals surface area (Å²) in [6.07, 6.45) is 12.7. The maximum absolute atomic E-state index is 7.32. The van der Waals surface area contributed by atoms with Crippen LogP contribution in [0.1, 0.15) is 40.2 Å². The van der Waals surface area contributed by atoms with Gasteiger partial charge in [-0.05, 0) is 42.2 Å². The van der Waals surface area contributed by atoms with Crippen molar-refractivity contribution in [2.75, 3.05) is 0 Å². The van der Waals surface area contributed by atoms with Crippen LogP contribution >= 0.6 is 11.6 Å². The third-order valence-electron chi connectivity index (χ3n) is 2.75. The number of halogens is 1. The highest BCUT2D eigenvalue weighted by molar-refractivity contribution is 6.30. The van der Waals surface area contributed by atoms with Gasteiger partial charge in [0.25, 0.3) is 0 Å². The highest BCUT2D eigenvalue weighted by atomic mass is 35.5. The first kappa shape index (κ1) is 33.5. The van der Waals surface area contributed by atoms with Gasteiger partial charge in [-0.3, -0.25) is 0 Å². The SMILES string of the molecule is C=C.C=C\C(=C/C=C/C(C=C)=C/C)Cc1ccc(Cl)cc1.CC.CC#N.CC#N. The lowest BCUT2D eigenvalue weighted by atomic mass is 10.0. The van der Waals surface area contributed by atoms with Crippen LogP contribution in [-0.2, 0) is 6.42 Å². The van der Waals surface area contributed by atoms with E-state index in [0.717, 1.165) is 22.6 Å². The second-order valence-corrected chi connectivity index (χ2v) is 4.98. The first-order valence-electron chi connectivity index (χ1n) is 9.17. The topological polar surface area (TPSA) is 47.6 Å². The molecule has 1 aromatic carbocycles. The zero-order chi connectivity index (χ0) is 23.5. The van der Waals surface area contributed by atoms with Crippen molar-refractivity contribution in [3.8, 4) is 12.1 Å². The second kappa shape index (κ2) is 29.7. The fourth-order valence-electron chi connectivity index (χ4n) is 1.60. The highest BCUT2D eigenvalue weighted by Crippen LogP contribution is 2.14. The number of hydrogen-bond acceptors (Lipinski definition) is 2. The molecule has 0 aromatic heterocycles. The van der Waals surface area contributed by atoms with Gasteiger partial charge in [0, 0.05) is 18.9 Å². The fraction of sp³-hybridized carbons (Fsp3) is 0.231. The van der Waals surface area contributed by atoms with Crippen molar-refractivity contribution in [3.05, 3.63) is 109 Å². The molecule has 0 aliphatic heterocycles. The molecule has 0 N–H and O–H groups in total. The zero-order valence-electron chi connectivity index (χ0n) is 18.6. The zero-order valence-corrected chi connectivity index (χ0v) is 19.3. The number of rotatable bonds is 6. The van der Waals surface area contributed by atoms with Gasteiger partial charge in [-0.25, -0.2) is 0 Å². The van der Waals surface area contributed by atoms with Gasteiger partial charge >= 0.3 is 0 Å². The molecule has 0 aliphatic rings. The van der Waals surface area contributed by atoms with E-state index in [1.165, 1.54) is 19.4 Å². The third-order valence-corrected chi connectivity index (χ3v) is 3.00. The lowest BCUT2D eigenvalue weighted by Crippen LogP contribution is -1.86. The average molecular weight is 411 g/mol. The molecule has 0 fully saturated rings. The fourth-order valence-corrected chi connectivity index (χ4v) is 1.73. The van der Waals surface area contributed by atoms with Gasteiger partial charge in [-0.2, -0.15) is 10.5 Å². The molecular formula is C26H35ClN2. The summed E-state index contributed by atoms with van der Waals surface area (Å²) in [7, 11) is 0. The van der Waals surface area contributed by atoms with Crippen LogP contribution in [0.25, 0.3) is 0 Å². The molecule has 0 aliphatic carbocycles. The minimum atomic E-state index is 0.761. The smallest absolute Gasteiger partial charge is 0.0587 e. The van der Waals surface area contributed by atoms with Gasteiger partial charge in [0.15, 0.2) is 0 Å². The molecule has 2 nitrogen and oxygen atoms in total. The van der Waals surface area contributed by atoms with Crippen LogP contribution in [0.15, 0.2) is 98.2 Å². The van der Waals surface area contributed by atoms with E-state index in [-0.39, 0.29) is 0 Å². The van der Waals surface area contributed by atoms with Crippen LogP contribution in [0.4, 0.5) is 0 Å². The summed E-state index contributed by atoms with van der Waals surface area (Å²) >= 11 is 5.87. The van der Waals surface area contributed by atoms with Gasteiger partial charge in [0.1, 0.15) is 0 Å². The van der Waals surface area contributed by atoms with Crippen LogP contribution in [0.3, 0.4) is 0 Å². The molecule has 0 amide bonds. The minimum absolute atomic E-state index is 0.761. The number of allylic oxidation sites excluding steroid dienone is 8. The van der Waals surface area contributed by atoms with E-state index < -0.39 is 0 Å². The van der Waals surface area contributed by atoms with E-state index in [0.29, 0.717) is 0 Å². The number of nitriles is 2. The summed E-state index contributed by atoms with van der Waals surface area (Å²) in [6, 6.07) is 11.4. The predicted molar refractivity (Wildman–Crippen MR) is 132 cm³/mol. The van der Waals surface area contributed by atoms with Crippen LogP contribution in [0.5, 0.6) is 0 Å². The summed E-state index contributed by atoms with van der Waals surface area (Å²) in [5.74, 6) is 0. The van der Waals surface area contributed by atoms with Crippen LogP contribution < -0.4 is 0 Å². The van der Waals surface area contributed by atoms with Crippen LogP contribution in [0, 0.1) is 22.7 Å². The molecule has 3 heteroatoms. The van der Waals surface area contributed by atoms with E-state index in [1.807, 2.05) is 75.4 Å². The Labute approximate surface area is 184 Å². The minimum Gasteiger partial charge on any atom is -0.199 e. The van der Waals surface area contributed by atoms with Crippen LogP contribution in [-0.4, -0.2) is 0 Å². The summed E-state index contributed by atoms with van der Waals surface area (Å²) in [4.78, 5) is 0. The lowest BCUT2D eigenvalue weighted by molar-refractivity contribution is 1.20. The Hall–Kier alpha value is -3.07. The molecule has 1 rings (SSSR count). The Morgan fingerprint density at radius 2 is 1.45 bits per heavy atom. The molecule has 0 bridgehead atoms. The molecule has 29 heavy (non-hydrogen) atoms. The van der Waals surface area contributed by atoms with E-state index in [4.69, 9.17) is 22.1 Å². The Balaban J connectivity index is -0.000000266. The van der Waals surface area contributed by atoms with E-state index in [2.05, 4.69) is 32.4 Å². The van der Waals surface area contributed by atoms with Crippen molar-refractivity contribution in [3.63, 3.8) is 0 Å². The van der Waals surface area contributed by atoms with Gasteiger partial charge < -0.3 is 0 Å². The normalized spacial score (nSPS) is 9.24. The molecule has 0 unspecified atom stereocenters. The third kappa shape index (κ3) is 24.9. The molecular weight excluding hydrogens is 376 g/mol. The van der Waals surface area contributed by atoms with Gasteiger partial charge in [-0.1, -0.05) is 87.2 Å². The Morgan fingerprint density at radius 1 is 1.00 bits per heavy atom. The van der Waals surface area contributed by atoms with Crippen molar-refractivity contribution in [2.45, 2.75) is 41.0 Å². The summed E-state index contributed by atoms with van der Waals surface area (Å²) in [5.41, 5.74) is 3.49. The van der Waals surface area contributed by atoms with Gasteiger partial charge in [0.2, 0.25) is 0 Å². The van der Waals surface area contributed by atoms with E-state index in [9.17, 15) is 0 Å². The van der Waals surface area contributed by atoms with Crippen molar-refractivity contribution in [2.24, 2.45) is 0 Å². The van der Waals surface area contributed by atoms with Crippen LogP contribution in [0.2, 0.25) is 5.02 Å². The summed E-state index contributed by atoms with van der Waals surface area (Å²) in [6.45, 7) is 22.5. The molecule has 156 valence electrons. The van der Waals surface area contributed by atoms with Crippen molar-refractivity contribution < 1.29 is 0 Å². The van der Waals surface area contributed by atoms with E-state index in [1.54, 1.807) is 12.1 Å². The van der Waals surface area contributed by atoms with E-state index >= 15 is 0 Å². The van der Waals surface area contributed by atoms with Gasteiger partial charge in [0.05, 0.1) is 12.1 Å². The second-order valence-electron chi connectivity index (χ2n) is 4.55. The number of hydrogen-bond donors (Lipinski definition) is 0. The molecule has 0 spiro atoms. The largest absolute Gasteiger partial charge is 0.199 e. The Kier molecular flexibility index (Phi) is 34.3. The monoisotopic (exact) mass is 410 g/mol. The molecule has 0 saturated heterocycles. The number of benzene rings is 1. The lowest BCUT2D eigenvalue weighted by Gasteiger charge is -2.02. The molecule has 1 aromatic rings. The number of nitrogens with zero attached hydrogens (tertiary/aromatic N) is 2. The first-order chi connectivity index (χ1) is 14.0. The first-order valence-corrected chi connectivity index (χ1v) is 9.55. The van der Waals surface area contributed by atoms with Crippen molar-refractivity contribution in [1.82, 2.24) is 0 Å². The molecule has 0 radical (unpaired) electrons. The standard InChI is InChI=1S/C18H19Cl.2C2H3N.C2H6.C2H4/c1-4-15(5-2)8-7-9-16(6-3)14-17-10-12-18(19)13-11-17;2*1-2-3;2*1-2/h4-13H,1,3,14H2,2H3;2*1H3;1-2H3;1-2H2/b8-7+,15-5+,16-9+;;;;. The maximum Gasteiger partial charge on any atom is 0.0587 e. The van der Waals surface area contributed by atoms with Gasteiger partial charge in [-0.15, -0.1) is 13.2 Å². The molecule has 0 saturated carbocycles. The molecule has 0 atom stereocenters. The predicted octanol–water partition coefficient (Wildman–Crippen LogP) is 8.57. The summed E-state index contributed by atoms with van der Waals surface area (Å²) < 4.78 is 0. The summed E-state index contributed by atoms with van der Waals surface area (Å²) in [5, 5.41) is 15.4. The quantitative estimate of drug-likeness (QED) is 0.348.